The molecule has 1 heterocycles. The van der Waals surface area contributed by atoms with Crippen LogP contribution in [0.25, 0.3) is 6.08 Å². The number of benzene rings is 2. The van der Waals surface area contributed by atoms with Crippen LogP contribution < -0.4 is 9.47 Å². The molecule has 0 aliphatic carbocycles. The third-order valence-electron chi connectivity index (χ3n) is 4.09. The highest BCUT2D eigenvalue weighted by Crippen LogP contribution is 2.37. The standard InChI is InChI=1S/C21H17I2NO6S/c1-2-29-16-8-13(9-17-20(27)24(10-18(25)26)21(28)31-17)7-15(23)19(16)30-11-12-3-5-14(22)6-4-12/h3-9H,2,10-11H2,1H3,(H,25,26)/b17-9+. The van der Waals surface area contributed by atoms with Crippen LogP contribution in [0, 0.1) is 7.14 Å². The molecule has 0 bridgehead atoms. The largest absolute Gasteiger partial charge is 0.490 e. The summed E-state index contributed by atoms with van der Waals surface area (Å²) in [5.41, 5.74) is 1.67. The first kappa shape index (κ1) is 23.9. The summed E-state index contributed by atoms with van der Waals surface area (Å²) >= 11 is 5.09. The molecule has 3 rings (SSSR count). The normalized spacial score (nSPS) is 14.9. The van der Waals surface area contributed by atoms with Crippen LogP contribution in [0.2, 0.25) is 0 Å². The number of nitrogens with zero attached hydrogens (tertiary/aromatic N) is 1. The predicted molar refractivity (Wildman–Crippen MR) is 134 cm³/mol. The number of carboxylic acid groups (broad SMARTS) is 1. The molecule has 162 valence electrons. The van der Waals surface area contributed by atoms with E-state index in [9.17, 15) is 14.4 Å². The van der Waals surface area contributed by atoms with Crippen molar-refractivity contribution in [2.75, 3.05) is 13.2 Å². The number of thioether (sulfide) groups is 1. The van der Waals surface area contributed by atoms with Crippen molar-refractivity contribution in [3.63, 3.8) is 0 Å². The summed E-state index contributed by atoms with van der Waals surface area (Å²) < 4.78 is 13.7. The zero-order chi connectivity index (χ0) is 22.5. The molecule has 7 nitrogen and oxygen atoms in total. The van der Waals surface area contributed by atoms with Crippen molar-refractivity contribution in [3.8, 4) is 11.5 Å². The van der Waals surface area contributed by atoms with E-state index in [-0.39, 0.29) is 4.91 Å². The molecule has 0 unspecified atom stereocenters. The fraction of sp³-hybridized carbons (Fsp3) is 0.190. The van der Waals surface area contributed by atoms with Crippen LogP contribution in [0.3, 0.4) is 0 Å². The summed E-state index contributed by atoms with van der Waals surface area (Å²) in [4.78, 5) is 36.1. The maximum atomic E-state index is 12.4. The van der Waals surface area contributed by atoms with Gasteiger partial charge < -0.3 is 14.6 Å². The molecule has 31 heavy (non-hydrogen) atoms. The average Bonchev–Trinajstić information content (AvgIpc) is 2.96. The highest BCUT2D eigenvalue weighted by atomic mass is 127. The van der Waals surface area contributed by atoms with Gasteiger partial charge in [-0.05, 0) is 105 Å². The number of halogens is 2. The molecule has 10 heteroatoms. The fourth-order valence-electron chi connectivity index (χ4n) is 2.73. The van der Waals surface area contributed by atoms with Gasteiger partial charge in [0.25, 0.3) is 11.1 Å². The zero-order valence-corrected chi connectivity index (χ0v) is 21.4. The van der Waals surface area contributed by atoms with Gasteiger partial charge in [-0.25, -0.2) is 0 Å². The second-order valence-electron chi connectivity index (χ2n) is 6.34. The Labute approximate surface area is 210 Å². The summed E-state index contributed by atoms with van der Waals surface area (Å²) in [6.07, 6.45) is 1.56. The first-order valence-electron chi connectivity index (χ1n) is 9.09. The molecule has 0 saturated carbocycles. The third kappa shape index (κ3) is 6.13. The molecular weight excluding hydrogens is 648 g/mol. The van der Waals surface area contributed by atoms with Gasteiger partial charge >= 0.3 is 5.97 Å². The van der Waals surface area contributed by atoms with E-state index in [0.29, 0.717) is 46.9 Å². The molecule has 2 aromatic carbocycles. The Hall–Kier alpha value is -1.80. The molecule has 0 radical (unpaired) electrons. The van der Waals surface area contributed by atoms with Gasteiger partial charge in [0.1, 0.15) is 13.2 Å². The fourth-order valence-corrected chi connectivity index (χ4v) is 4.71. The lowest BCUT2D eigenvalue weighted by Gasteiger charge is -2.15. The van der Waals surface area contributed by atoms with E-state index in [1.807, 2.05) is 37.3 Å². The van der Waals surface area contributed by atoms with Gasteiger partial charge in [-0.3, -0.25) is 19.3 Å². The second-order valence-corrected chi connectivity index (χ2v) is 9.74. The molecule has 1 aliphatic rings. The monoisotopic (exact) mass is 665 g/mol. The van der Waals surface area contributed by atoms with Crippen LogP contribution >= 0.6 is 56.9 Å². The Balaban J connectivity index is 1.85. The molecule has 1 fully saturated rings. The molecule has 0 spiro atoms. The predicted octanol–water partition coefficient (Wildman–Crippen LogP) is 4.99. The number of carbonyl (C=O) groups excluding carboxylic acids is 2. The second kappa shape index (κ2) is 10.7. The number of amides is 2. The summed E-state index contributed by atoms with van der Waals surface area (Å²) in [5, 5.41) is 8.29. The van der Waals surface area contributed by atoms with Crippen molar-refractivity contribution in [3.05, 3.63) is 59.6 Å². The first-order valence-corrected chi connectivity index (χ1v) is 12.1. The Bertz CT molecular complexity index is 1050. The Morgan fingerprint density at radius 1 is 1.16 bits per heavy atom. The molecule has 2 amide bonds. The number of hydrogen-bond acceptors (Lipinski definition) is 6. The molecule has 2 aromatic rings. The SMILES string of the molecule is CCOc1cc(/C=C2/SC(=O)N(CC(=O)O)C2=O)cc(I)c1OCc1ccc(I)cc1. The van der Waals surface area contributed by atoms with E-state index in [1.165, 1.54) is 0 Å². The molecule has 0 atom stereocenters. The summed E-state index contributed by atoms with van der Waals surface area (Å²) in [6, 6.07) is 11.6. The third-order valence-corrected chi connectivity index (χ3v) is 6.52. The van der Waals surface area contributed by atoms with Crippen molar-refractivity contribution in [1.82, 2.24) is 4.90 Å². The van der Waals surface area contributed by atoms with Crippen LogP contribution in [0.5, 0.6) is 11.5 Å². The maximum Gasteiger partial charge on any atom is 0.323 e. The summed E-state index contributed by atoms with van der Waals surface area (Å²) in [5.74, 6) is -0.746. The highest BCUT2D eigenvalue weighted by Gasteiger charge is 2.36. The smallest absolute Gasteiger partial charge is 0.323 e. The van der Waals surface area contributed by atoms with Gasteiger partial charge in [-0.2, -0.15) is 0 Å². The minimum atomic E-state index is -1.24. The lowest BCUT2D eigenvalue weighted by atomic mass is 10.1. The number of aliphatic carboxylic acids is 1. The topological polar surface area (TPSA) is 93.1 Å². The van der Waals surface area contributed by atoms with Crippen molar-refractivity contribution in [2.24, 2.45) is 0 Å². The van der Waals surface area contributed by atoms with E-state index in [4.69, 9.17) is 14.6 Å². The Morgan fingerprint density at radius 2 is 1.87 bits per heavy atom. The maximum absolute atomic E-state index is 12.4. The van der Waals surface area contributed by atoms with E-state index < -0.39 is 23.7 Å². The van der Waals surface area contributed by atoms with E-state index in [1.54, 1.807) is 12.1 Å². The van der Waals surface area contributed by atoms with Gasteiger partial charge in [0.15, 0.2) is 11.5 Å². The number of imide groups is 1. The first-order chi connectivity index (χ1) is 14.8. The van der Waals surface area contributed by atoms with Gasteiger partial charge in [0, 0.05) is 3.57 Å². The molecule has 1 aliphatic heterocycles. The molecular formula is C21H17I2NO6S. The van der Waals surface area contributed by atoms with Crippen LogP contribution in [-0.4, -0.2) is 40.3 Å². The number of carboxylic acids is 1. The van der Waals surface area contributed by atoms with Gasteiger partial charge in [-0.15, -0.1) is 0 Å². The van der Waals surface area contributed by atoms with Crippen LogP contribution in [0.15, 0.2) is 41.3 Å². The number of ether oxygens (including phenoxy) is 2. The van der Waals surface area contributed by atoms with Crippen molar-refractivity contribution < 1.29 is 29.0 Å². The van der Waals surface area contributed by atoms with E-state index >= 15 is 0 Å². The Kier molecular flexibility index (Phi) is 8.22. The number of carbonyl (C=O) groups is 3. The highest BCUT2D eigenvalue weighted by molar-refractivity contribution is 14.1. The number of rotatable bonds is 8. The van der Waals surface area contributed by atoms with Crippen LogP contribution in [0.4, 0.5) is 4.79 Å². The molecule has 1 saturated heterocycles. The van der Waals surface area contributed by atoms with E-state index in [2.05, 4.69) is 45.2 Å². The van der Waals surface area contributed by atoms with Crippen LogP contribution in [0.1, 0.15) is 18.1 Å². The quantitative estimate of drug-likeness (QED) is 0.314. The van der Waals surface area contributed by atoms with Gasteiger partial charge in [0.05, 0.1) is 15.1 Å². The minimum Gasteiger partial charge on any atom is -0.490 e. The van der Waals surface area contributed by atoms with Crippen molar-refractivity contribution in [1.29, 1.82) is 0 Å². The molecule has 0 aromatic heterocycles. The summed E-state index contributed by atoms with van der Waals surface area (Å²) in [6.45, 7) is 2.00. The summed E-state index contributed by atoms with van der Waals surface area (Å²) in [7, 11) is 0. The minimum absolute atomic E-state index is 0.164. The average molecular weight is 665 g/mol. The van der Waals surface area contributed by atoms with E-state index in [0.717, 1.165) is 12.7 Å². The lowest BCUT2D eigenvalue weighted by molar-refractivity contribution is -0.140. The zero-order valence-electron chi connectivity index (χ0n) is 16.3. The lowest BCUT2D eigenvalue weighted by Crippen LogP contribution is -2.33. The van der Waals surface area contributed by atoms with Crippen molar-refractivity contribution in [2.45, 2.75) is 13.5 Å². The van der Waals surface area contributed by atoms with Gasteiger partial charge in [0.2, 0.25) is 0 Å². The van der Waals surface area contributed by atoms with Crippen LogP contribution in [-0.2, 0) is 16.2 Å². The van der Waals surface area contributed by atoms with Crippen molar-refractivity contribution >= 4 is 80.1 Å². The van der Waals surface area contributed by atoms with Gasteiger partial charge in [-0.1, -0.05) is 12.1 Å². The molecule has 1 N–H and O–H groups in total. The number of hydrogen-bond donors (Lipinski definition) is 1. The Morgan fingerprint density at radius 3 is 2.52 bits per heavy atom.